The molecule has 5 nitrogen and oxygen atoms in total. The van der Waals surface area contributed by atoms with Gasteiger partial charge in [-0.25, -0.2) is 0 Å². The Balaban J connectivity index is 1.64. The summed E-state index contributed by atoms with van der Waals surface area (Å²) in [7, 11) is -3.11. The van der Waals surface area contributed by atoms with Crippen LogP contribution in [-0.4, -0.2) is 26.3 Å². The molecule has 164 valence electrons. The molecule has 1 N–H and O–H groups in total. The standard InChI is InChI=1S/C24H34NO4P/c1-3-28-30(26,29-4-2)19-22-9-7-8-21(16-22)18-27-24-11-6-5-10-23(24)17-20-12-14-25-15-13-20/h5-11,16,20,25H,3-4,12-15,17-19H2,1-2H3. The highest BCUT2D eigenvalue weighted by Gasteiger charge is 2.24. The molecule has 0 radical (unpaired) electrons. The number of hydrogen-bond donors (Lipinski definition) is 1. The molecule has 0 aromatic heterocycles. The Bertz CT molecular complexity index is 825. The van der Waals surface area contributed by atoms with Gasteiger partial charge < -0.3 is 19.1 Å². The van der Waals surface area contributed by atoms with Crippen LogP contribution in [0.4, 0.5) is 0 Å². The van der Waals surface area contributed by atoms with Crippen LogP contribution in [-0.2, 0) is 32.8 Å². The highest BCUT2D eigenvalue weighted by atomic mass is 31.2. The first-order valence-corrected chi connectivity index (χ1v) is 12.7. The summed E-state index contributed by atoms with van der Waals surface area (Å²) in [4.78, 5) is 0. The number of ether oxygens (including phenoxy) is 1. The summed E-state index contributed by atoms with van der Waals surface area (Å²) in [6, 6.07) is 16.3. The molecular weight excluding hydrogens is 397 g/mol. The Morgan fingerprint density at radius 3 is 2.40 bits per heavy atom. The molecule has 3 rings (SSSR count). The summed E-state index contributed by atoms with van der Waals surface area (Å²) in [5.41, 5.74) is 3.26. The second kappa shape index (κ2) is 11.7. The number of piperidine rings is 1. The third-order valence-electron chi connectivity index (χ3n) is 5.35. The van der Waals surface area contributed by atoms with Crippen LogP contribution in [0.3, 0.4) is 0 Å². The average Bonchev–Trinajstić information content (AvgIpc) is 2.74. The fraction of sp³-hybridized carbons (Fsp3) is 0.500. The molecule has 1 aliphatic heterocycles. The zero-order chi connectivity index (χ0) is 21.2. The molecule has 1 aliphatic rings. The molecule has 0 bridgehead atoms. The molecule has 0 amide bonds. The van der Waals surface area contributed by atoms with E-state index in [0.717, 1.165) is 36.4 Å². The Labute approximate surface area is 180 Å². The van der Waals surface area contributed by atoms with Crippen LogP contribution in [0.15, 0.2) is 48.5 Å². The minimum absolute atomic E-state index is 0.273. The number of para-hydroxylation sites is 1. The van der Waals surface area contributed by atoms with Gasteiger partial charge in [0, 0.05) is 0 Å². The molecule has 2 aromatic rings. The molecule has 2 aromatic carbocycles. The van der Waals surface area contributed by atoms with E-state index in [9.17, 15) is 4.57 Å². The Morgan fingerprint density at radius 2 is 1.67 bits per heavy atom. The van der Waals surface area contributed by atoms with Crippen molar-refractivity contribution >= 4 is 7.60 Å². The molecule has 1 heterocycles. The van der Waals surface area contributed by atoms with E-state index in [4.69, 9.17) is 13.8 Å². The van der Waals surface area contributed by atoms with Crippen molar-refractivity contribution in [1.82, 2.24) is 5.32 Å². The predicted molar refractivity (Wildman–Crippen MR) is 121 cm³/mol. The van der Waals surface area contributed by atoms with E-state index in [1.807, 2.05) is 44.2 Å². The van der Waals surface area contributed by atoms with Crippen LogP contribution in [0.1, 0.15) is 43.4 Å². The molecule has 0 aliphatic carbocycles. The largest absolute Gasteiger partial charge is 0.489 e. The van der Waals surface area contributed by atoms with Crippen LogP contribution in [0.5, 0.6) is 5.75 Å². The SMILES string of the molecule is CCOP(=O)(Cc1cccc(COc2ccccc2CC2CCNCC2)c1)OCC. The van der Waals surface area contributed by atoms with Gasteiger partial charge in [0.25, 0.3) is 0 Å². The summed E-state index contributed by atoms with van der Waals surface area (Å²) in [6.07, 6.45) is 3.77. The van der Waals surface area contributed by atoms with Crippen LogP contribution in [0, 0.1) is 5.92 Å². The Hall–Kier alpha value is -1.65. The maximum atomic E-state index is 12.8. The molecule has 0 unspecified atom stereocenters. The van der Waals surface area contributed by atoms with Crippen LogP contribution < -0.4 is 10.1 Å². The highest BCUT2D eigenvalue weighted by molar-refractivity contribution is 7.53. The smallest absolute Gasteiger partial charge is 0.335 e. The van der Waals surface area contributed by atoms with E-state index in [2.05, 4.69) is 23.5 Å². The highest BCUT2D eigenvalue weighted by Crippen LogP contribution is 2.51. The lowest BCUT2D eigenvalue weighted by Gasteiger charge is -2.23. The lowest BCUT2D eigenvalue weighted by atomic mass is 9.90. The number of hydrogen-bond acceptors (Lipinski definition) is 5. The van der Waals surface area contributed by atoms with Crippen molar-refractivity contribution in [2.24, 2.45) is 5.92 Å². The molecule has 6 heteroatoms. The average molecular weight is 432 g/mol. The minimum atomic E-state index is -3.11. The van der Waals surface area contributed by atoms with Crippen molar-refractivity contribution in [3.05, 3.63) is 65.2 Å². The fourth-order valence-electron chi connectivity index (χ4n) is 3.93. The minimum Gasteiger partial charge on any atom is -0.489 e. The molecule has 0 atom stereocenters. The third kappa shape index (κ3) is 6.95. The van der Waals surface area contributed by atoms with Crippen LogP contribution in [0.2, 0.25) is 0 Å². The third-order valence-corrected chi connectivity index (χ3v) is 7.41. The predicted octanol–water partition coefficient (Wildman–Crippen LogP) is 5.57. The monoisotopic (exact) mass is 431 g/mol. The summed E-state index contributed by atoms with van der Waals surface area (Å²) < 4.78 is 29.9. The molecular formula is C24H34NO4P. The lowest BCUT2D eigenvalue weighted by molar-refractivity contribution is 0.219. The van der Waals surface area contributed by atoms with Crippen molar-refractivity contribution in [3.63, 3.8) is 0 Å². The second-order valence-electron chi connectivity index (χ2n) is 7.72. The molecule has 1 saturated heterocycles. The number of rotatable bonds is 11. The maximum absolute atomic E-state index is 12.8. The first-order chi connectivity index (χ1) is 14.6. The lowest BCUT2D eigenvalue weighted by Crippen LogP contribution is -2.28. The summed E-state index contributed by atoms with van der Waals surface area (Å²) in [6.45, 7) is 7.09. The van der Waals surface area contributed by atoms with Gasteiger partial charge in [0.2, 0.25) is 0 Å². The van der Waals surface area contributed by atoms with Gasteiger partial charge in [0.05, 0.1) is 19.4 Å². The Kier molecular flexibility index (Phi) is 8.95. The summed E-state index contributed by atoms with van der Waals surface area (Å²) in [5, 5.41) is 3.43. The van der Waals surface area contributed by atoms with Gasteiger partial charge in [0.15, 0.2) is 0 Å². The molecule has 30 heavy (non-hydrogen) atoms. The quantitative estimate of drug-likeness (QED) is 0.471. The normalized spacial score (nSPS) is 15.3. The first kappa shape index (κ1) is 23.0. The van der Waals surface area contributed by atoms with Gasteiger partial charge in [-0.1, -0.05) is 42.5 Å². The Morgan fingerprint density at radius 1 is 0.967 bits per heavy atom. The van der Waals surface area contributed by atoms with Gasteiger partial charge >= 0.3 is 7.60 Å². The van der Waals surface area contributed by atoms with Gasteiger partial charge in [-0.15, -0.1) is 0 Å². The molecule has 0 saturated carbocycles. The van der Waals surface area contributed by atoms with Gasteiger partial charge in [0.1, 0.15) is 12.4 Å². The van der Waals surface area contributed by atoms with Crippen molar-refractivity contribution < 1.29 is 18.3 Å². The second-order valence-corrected chi connectivity index (χ2v) is 9.77. The van der Waals surface area contributed by atoms with E-state index >= 15 is 0 Å². The van der Waals surface area contributed by atoms with E-state index < -0.39 is 7.60 Å². The zero-order valence-electron chi connectivity index (χ0n) is 18.1. The number of nitrogens with one attached hydrogen (secondary N) is 1. The van der Waals surface area contributed by atoms with Gasteiger partial charge in [-0.05, 0) is 74.9 Å². The topological polar surface area (TPSA) is 56.8 Å². The number of benzene rings is 2. The van der Waals surface area contributed by atoms with Crippen molar-refractivity contribution in [2.45, 2.75) is 45.9 Å². The van der Waals surface area contributed by atoms with E-state index in [1.165, 1.54) is 18.4 Å². The van der Waals surface area contributed by atoms with Crippen molar-refractivity contribution in [3.8, 4) is 5.75 Å². The fourth-order valence-corrected chi connectivity index (χ4v) is 5.62. The van der Waals surface area contributed by atoms with Crippen molar-refractivity contribution in [1.29, 1.82) is 0 Å². The van der Waals surface area contributed by atoms with Gasteiger partial charge in [-0.2, -0.15) is 0 Å². The molecule has 0 spiro atoms. The summed E-state index contributed by atoms with van der Waals surface area (Å²) in [5.74, 6) is 1.67. The van der Waals surface area contributed by atoms with E-state index in [1.54, 1.807) is 0 Å². The zero-order valence-corrected chi connectivity index (χ0v) is 19.0. The summed E-state index contributed by atoms with van der Waals surface area (Å²) >= 11 is 0. The van der Waals surface area contributed by atoms with E-state index in [-0.39, 0.29) is 6.16 Å². The molecule has 1 fully saturated rings. The van der Waals surface area contributed by atoms with Crippen LogP contribution >= 0.6 is 7.60 Å². The van der Waals surface area contributed by atoms with E-state index in [0.29, 0.717) is 25.7 Å². The van der Waals surface area contributed by atoms with Crippen LogP contribution in [0.25, 0.3) is 0 Å². The van der Waals surface area contributed by atoms with Gasteiger partial charge in [-0.3, -0.25) is 4.57 Å². The maximum Gasteiger partial charge on any atom is 0.335 e. The first-order valence-electron chi connectivity index (χ1n) is 11.0. The van der Waals surface area contributed by atoms with Crippen molar-refractivity contribution in [2.75, 3.05) is 26.3 Å².